The number of hydrogen-bond donors (Lipinski definition) is 1. The van der Waals surface area contributed by atoms with E-state index >= 15 is 0 Å². The summed E-state index contributed by atoms with van der Waals surface area (Å²) in [6.07, 6.45) is 3.08. The Hall–Kier alpha value is -1.06. The topological polar surface area (TPSA) is 52.3 Å². The standard InChI is InChI=1S/C14H18ClNO2/c1-18-13-7-9(5-6-12(13)15)14(17)11-4-2-3-10(11)8-16/h5-7,10-11H,2-4,8,16H2,1H3. The maximum Gasteiger partial charge on any atom is 0.166 e. The van der Waals surface area contributed by atoms with E-state index in [0.717, 1.165) is 19.3 Å². The lowest BCUT2D eigenvalue weighted by Gasteiger charge is -2.17. The van der Waals surface area contributed by atoms with E-state index in [1.165, 1.54) is 0 Å². The molecule has 98 valence electrons. The lowest BCUT2D eigenvalue weighted by atomic mass is 9.88. The molecule has 2 N–H and O–H groups in total. The molecular formula is C14H18ClNO2. The summed E-state index contributed by atoms with van der Waals surface area (Å²) >= 11 is 5.96. The van der Waals surface area contributed by atoms with Crippen LogP contribution in [-0.4, -0.2) is 19.4 Å². The molecule has 2 rings (SSSR count). The maximum atomic E-state index is 12.4. The summed E-state index contributed by atoms with van der Waals surface area (Å²) in [6, 6.07) is 5.19. The van der Waals surface area contributed by atoms with Crippen molar-refractivity contribution in [3.8, 4) is 5.75 Å². The lowest BCUT2D eigenvalue weighted by molar-refractivity contribution is 0.0893. The molecule has 1 saturated carbocycles. The molecule has 0 heterocycles. The monoisotopic (exact) mass is 267 g/mol. The Balaban J connectivity index is 2.23. The van der Waals surface area contributed by atoms with E-state index in [1.54, 1.807) is 25.3 Å². The van der Waals surface area contributed by atoms with Crippen LogP contribution in [0.25, 0.3) is 0 Å². The zero-order valence-corrected chi connectivity index (χ0v) is 11.2. The number of hydrogen-bond acceptors (Lipinski definition) is 3. The highest BCUT2D eigenvalue weighted by molar-refractivity contribution is 6.32. The first-order chi connectivity index (χ1) is 8.67. The van der Waals surface area contributed by atoms with Crippen LogP contribution in [0.4, 0.5) is 0 Å². The van der Waals surface area contributed by atoms with Gasteiger partial charge in [-0.05, 0) is 43.5 Å². The number of halogens is 1. The normalized spacial score (nSPS) is 23.1. The Morgan fingerprint density at radius 1 is 1.50 bits per heavy atom. The van der Waals surface area contributed by atoms with Crippen LogP contribution in [0.2, 0.25) is 5.02 Å². The number of ketones is 1. The van der Waals surface area contributed by atoms with E-state index in [1.807, 2.05) is 0 Å². The minimum Gasteiger partial charge on any atom is -0.495 e. The second-order valence-electron chi connectivity index (χ2n) is 4.75. The van der Waals surface area contributed by atoms with Gasteiger partial charge in [0.1, 0.15) is 5.75 Å². The molecule has 18 heavy (non-hydrogen) atoms. The lowest BCUT2D eigenvalue weighted by Crippen LogP contribution is -2.25. The summed E-state index contributed by atoms with van der Waals surface area (Å²) in [5.41, 5.74) is 6.39. The van der Waals surface area contributed by atoms with Gasteiger partial charge in [-0.15, -0.1) is 0 Å². The van der Waals surface area contributed by atoms with Gasteiger partial charge < -0.3 is 10.5 Å². The van der Waals surface area contributed by atoms with Crippen LogP contribution in [0.3, 0.4) is 0 Å². The van der Waals surface area contributed by atoms with Gasteiger partial charge in [0.25, 0.3) is 0 Å². The van der Waals surface area contributed by atoms with Crippen molar-refractivity contribution in [1.82, 2.24) is 0 Å². The van der Waals surface area contributed by atoms with Gasteiger partial charge in [0.2, 0.25) is 0 Å². The van der Waals surface area contributed by atoms with Crippen LogP contribution < -0.4 is 10.5 Å². The Kier molecular flexibility index (Phi) is 4.25. The van der Waals surface area contributed by atoms with Crippen molar-refractivity contribution in [2.75, 3.05) is 13.7 Å². The molecule has 2 atom stereocenters. The Labute approximate surface area is 112 Å². The average Bonchev–Trinajstić information content (AvgIpc) is 2.86. The van der Waals surface area contributed by atoms with E-state index in [4.69, 9.17) is 22.1 Å². The molecule has 2 unspecified atom stereocenters. The highest BCUT2D eigenvalue weighted by atomic mass is 35.5. The van der Waals surface area contributed by atoms with Crippen LogP contribution in [0.5, 0.6) is 5.75 Å². The highest BCUT2D eigenvalue weighted by Crippen LogP contribution is 2.35. The summed E-state index contributed by atoms with van der Waals surface area (Å²) in [5.74, 6) is 1.09. The third-order valence-corrected chi connectivity index (χ3v) is 4.05. The van der Waals surface area contributed by atoms with Crippen molar-refractivity contribution in [2.45, 2.75) is 19.3 Å². The van der Waals surface area contributed by atoms with E-state index in [0.29, 0.717) is 28.8 Å². The molecule has 0 bridgehead atoms. The first-order valence-corrected chi connectivity index (χ1v) is 6.63. The van der Waals surface area contributed by atoms with Gasteiger partial charge in [-0.2, -0.15) is 0 Å². The zero-order chi connectivity index (χ0) is 13.1. The molecule has 1 aromatic rings. The van der Waals surface area contributed by atoms with Gasteiger partial charge >= 0.3 is 0 Å². The number of benzene rings is 1. The third kappa shape index (κ3) is 2.52. The second kappa shape index (κ2) is 5.72. The molecule has 0 spiro atoms. The second-order valence-corrected chi connectivity index (χ2v) is 5.15. The van der Waals surface area contributed by atoms with E-state index in [-0.39, 0.29) is 11.7 Å². The Morgan fingerprint density at radius 2 is 2.28 bits per heavy atom. The quantitative estimate of drug-likeness (QED) is 0.854. The van der Waals surface area contributed by atoms with Gasteiger partial charge in [0.05, 0.1) is 12.1 Å². The molecule has 1 fully saturated rings. The number of rotatable bonds is 4. The van der Waals surface area contributed by atoms with Crippen molar-refractivity contribution in [1.29, 1.82) is 0 Å². The fraction of sp³-hybridized carbons (Fsp3) is 0.500. The fourth-order valence-corrected chi connectivity index (χ4v) is 2.89. The van der Waals surface area contributed by atoms with Crippen molar-refractivity contribution in [3.63, 3.8) is 0 Å². The molecule has 1 aromatic carbocycles. The van der Waals surface area contributed by atoms with Crippen molar-refractivity contribution < 1.29 is 9.53 Å². The van der Waals surface area contributed by atoms with Gasteiger partial charge in [-0.3, -0.25) is 4.79 Å². The minimum atomic E-state index is 0.0564. The van der Waals surface area contributed by atoms with Crippen molar-refractivity contribution in [2.24, 2.45) is 17.6 Å². The minimum absolute atomic E-state index is 0.0564. The molecule has 3 nitrogen and oxygen atoms in total. The molecule has 0 aliphatic heterocycles. The first-order valence-electron chi connectivity index (χ1n) is 6.25. The largest absolute Gasteiger partial charge is 0.495 e. The van der Waals surface area contributed by atoms with Crippen molar-refractivity contribution >= 4 is 17.4 Å². The third-order valence-electron chi connectivity index (χ3n) is 3.73. The molecule has 0 aromatic heterocycles. The molecule has 1 aliphatic carbocycles. The summed E-state index contributed by atoms with van der Waals surface area (Å²) in [6.45, 7) is 0.584. The van der Waals surface area contributed by atoms with Crippen LogP contribution in [0.15, 0.2) is 18.2 Å². The number of carbonyl (C=O) groups excluding carboxylic acids is 1. The van der Waals surface area contributed by atoms with Gasteiger partial charge in [-0.1, -0.05) is 18.0 Å². The molecule has 4 heteroatoms. The molecular weight excluding hydrogens is 250 g/mol. The molecule has 0 amide bonds. The molecule has 1 aliphatic rings. The van der Waals surface area contributed by atoms with Gasteiger partial charge in [0.15, 0.2) is 5.78 Å². The van der Waals surface area contributed by atoms with Gasteiger partial charge in [-0.25, -0.2) is 0 Å². The predicted molar refractivity (Wildman–Crippen MR) is 72.2 cm³/mol. The number of Topliss-reactive ketones (excluding diaryl/α,β-unsaturated/α-hetero) is 1. The number of carbonyl (C=O) groups is 1. The Morgan fingerprint density at radius 3 is 2.94 bits per heavy atom. The zero-order valence-electron chi connectivity index (χ0n) is 10.5. The number of ether oxygens (including phenoxy) is 1. The predicted octanol–water partition coefficient (Wildman–Crippen LogP) is 2.91. The first kappa shape index (κ1) is 13.4. The number of nitrogens with two attached hydrogens (primary N) is 1. The van der Waals surface area contributed by atoms with Crippen LogP contribution >= 0.6 is 11.6 Å². The van der Waals surface area contributed by atoms with Gasteiger partial charge in [0, 0.05) is 11.5 Å². The van der Waals surface area contributed by atoms with E-state index in [9.17, 15) is 4.79 Å². The Bertz CT molecular complexity index is 447. The van der Waals surface area contributed by atoms with Crippen LogP contribution in [0, 0.1) is 11.8 Å². The number of methoxy groups -OCH3 is 1. The fourth-order valence-electron chi connectivity index (χ4n) is 2.69. The average molecular weight is 268 g/mol. The maximum absolute atomic E-state index is 12.4. The van der Waals surface area contributed by atoms with E-state index < -0.39 is 0 Å². The highest BCUT2D eigenvalue weighted by Gasteiger charge is 2.32. The molecule has 0 saturated heterocycles. The summed E-state index contributed by atoms with van der Waals surface area (Å²) in [4.78, 5) is 12.4. The van der Waals surface area contributed by atoms with E-state index in [2.05, 4.69) is 0 Å². The summed E-state index contributed by atoms with van der Waals surface area (Å²) in [7, 11) is 1.55. The summed E-state index contributed by atoms with van der Waals surface area (Å²) in [5, 5.41) is 0.524. The molecule has 0 radical (unpaired) electrons. The smallest absolute Gasteiger partial charge is 0.166 e. The van der Waals surface area contributed by atoms with Crippen LogP contribution in [-0.2, 0) is 0 Å². The summed E-state index contributed by atoms with van der Waals surface area (Å²) < 4.78 is 5.14. The SMILES string of the molecule is COc1cc(C(=O)C2CCCC2CN)ccc1Cl. The van der Waals surface area contributed by atoms with Crippen LogP contribution in [0.1, 0.15) is 29.6 Å². The van der Waals surface area contributed by atoms with Crippen molar-refractivity contribution in [3.05, 3.63) is 28.8 Å².